The molecule has 0 saturated carbocycles. The zero-order valence-electron chi connectivity index (χ0n) is 16.3. The van der Waals surface area contributed by atoms with Gasteiger partial charge in [0.2, 0.25) is 11.8 Å². The van der Waals surface area contributed by atoms with E-state index in [0.717, 1.165) is 17.0 Å². The van der Waals surface area contributed by atoms with Crippen LogP contribution < -0.4 is 0 Å². The van der Waals surface area contributed by atoms with Crippen molar-refractivity contribution in [2.75, 3.05) is 33.7 Å². The van der Waals surface area contributed by atoms with Crippen molar-refractivity contribution in [3.63, 3.8) is 0 Å². The van der Waals surface area contributed by atoms with E-state index < -0.39 is 0 Å². The fourth-order valence-corrected chi connectivity index (χ4v) is 3.86. The van der Waals surface area contributed by atoms with Gasteiger partial charge in [0.25, 0.3) is 0 Å². The number of pyridine rings is 1. The topological polar surface area (TPSA) is 82.8 Å². The number of carbonyl (C=O) groups excluding carboxylic acids is 2. The van der Waals surface area contributed by atoms with Crippen LogP contribution in [-0.4, -0.2) is 70.3 Å². The molecule has 2 aromatic rings. The highest BCUT2D eigenvalue weighted by Crippen LogP contribution is 2.28. The number of amides is 3. The number of piperidine rings is 1. The zero-order valence-corrected chi connectivity index (χ0v) is 16.3. The van der Waals surface area contributed by atoms with E-state index in [1.54, 1.807) is 31.4 Å². The Hall–Kier alpha value is -2.90. The molecule has 4 rings (SSSR count). The molecular weight excluding hydrogens is 358 g/mol. The Morgan fingerprint density at radius 2 is 1.96 bits per heavy atom. The number of hydrogen-bond acceptors (Lipinski definition) is 5. The second kappa shape index (κ2) is 7.61. The average Bonchev–Trinajstić information content (AvgIpc) is 3.17. The Balaban J connectivity index is 1.39. The molecule has 148 valence electrons. The second-order valence-corrected chi connectivity index (χ2v) is 7.58. The fourth-order valence-electron chi connectivity index (χ4n) is 3.86. The highest BCUT2D eigenvalue weighted by molar-refractivity contribution is 5.80. The van der Waals surface area contributed by atoms with E-state index in [9.17, 15) is 9.59 Å². The summed E-state index contributed by atoms with van der Waals surface area (Å²) in [4.78, 5) is 39.0. The normalized spacial score (nSPS) is 17.4. The van der Waals surface area contributed by atoms with E-state index in [1.165, 1.54) is 0 Å². The SMILES string of the molecule is CN(C)C(=O)N1CCC(C(=O)N2CCc3oc(-c4cccnc4)nc3C2)CC1. The lowest BCUT2D eigenvalue weighted by Gasteiger charge is -2.36. The van der Waals surface area contributed by atoms with Gasteiger partial charge in [0.05, 0.1) is 12.1 Å². The van der Waals surface area contributed by atoms with E-state index in [4.69, 9.17) is 4.42 Å². The largest absolute Gasteiger partial charge is 0.441 e. The van der Waals surface area contributed by atoms with Gasteiger partial charge in [-0.25, -0.2) is 9.78 Å². The van der Waals surface area contributed by atoms with Gasteiger partial charge in [-0.1, -0.05) is 0 Å². The van der Waals surface area contributed by atoms with Crippen LogP contribution in [0.4, 0.5) is 4.79 Å². The molecule has 0 N–H and O–H groups in total. The van der Waals surface area contributed by atoms with Gasteiger partial charge in [-0.3, -0.25) is 9.78 Å². The predicted octanol–water partition coefficient (Wildman–Crippen LogP) is 2.01. The minimum atomic E-state index is -0.0301. The van der Waals surface area contributed by atoms with Crippen molar-refractivity contribution < 1.29 is 14.0 Å². The first kappa shape index (κ1) is 18.5. The molecule has 28 heavy (non-hydrogen) atoms. The number of nitrogens with zero attached hydrogens (tertiary/aromatic N) is 5. The van der Waals surface area contributed by atoms with E-state index in [2.05, 4.69) is 9.97 Å². The predicted molar refractivity (Wildman–Crippen MR) is 102 cm³/mol. The van der Waals surface area contributed by atoms with Gasteiger partial charge in [0, 0.05) is 58.5 Å². The minimum Gasteiger partial charge on any atom is -0.441 e. The molecule has 2 aliphatic heterocycles. The third-order valence-corrected chi connectivity index (χ3v) is 5.45. The summed E-state index contributed by atoms with van der Waals surface area (Å²) in [5, 5.41) is 0. The molecule has 0 aromatic carbocycles. The lowest BCUT2D eigenvalue weighted by atomic mass is 9.94. The lowest BCUT2D eigenvalue weighted by molar-refractivity contribution is -0.138. The maximum Gasteiger partial charge on any atom is 0.319 e. The molecular formula is C20H25N5O3. The Bertz CT molecular complexity index is 856. The number of fused-ring (bicyclic) bond motifs is 1. The fraction of sp³-hybridized carbons (Fsp3) is 0.500. The summed E-state index contributed by atoms with van der Waals surface area (Å²) in [6, 6.07) is 3.77. The summed E-state index contributed by atoms with van der Waals surface area (Å²) in [7, 11) is 3.51. The molecule has 0 spiro atoms. The first-order chi connectivity index (χ1) is 13.5. The van der Waals surface area contributed by atoms with Crippen LogP contribution in [0.25, 0.3) is 11.5 Å². The first-order valence-corrected chi connectivity index (χ1v) is 9.67. The van der Waals surface area contributed by atoms with Gasteiger partial charge in [0.15, 0.2) is 0 Å². The van der Waals surface area contributed by atoms with E-state index >= 15 is 0 Å². The molecule has 3 amide bonds. The van der Waals surface area contributed by atoms with Crippen LogP contribution in [0.15, 0.2) is 28.9 Å². The molecule has 1 fully saturated rings. The highest BCUT2D eigenvalue weighted by Gasteiger charge is 2.33. The Morgan fingerprint density at radius 3 is 2.64 bits per heavy atom. The van der Waals surface area contributed by atoms with Crippen LogP contribution in [0.2, 0.25) is 0 Å². The molecule has 2 aliphatic rings. The Morgan fingerprint density at radius 1 is 1.18 bits per heavy atom. The van der Waals surface area contributed by atoms with Crippen molar-refractivity contribution >= 4 is 11.9 Å². The third kappa shape index (κ3) is 3.58. The summed E-state index contributed by atoms with van der Waals surface area (Å²) >= 11 is 0. The van der Waals surface area contributed by atoms with Crippen molar-refractivity contribution in [2.24, 2.45) is 5.92 Å². The second-order valence-electron chi connectivity index (χ2n) is 7.58. The van der Waals surface area contributed by atoms with E-state index in [1.807, 2.05) is 21.9 Å². The maximum atomic E-state index is 13.0. The smallest absolute Gasteiger partial charge is 0.319 e. The first-order valence-electron chi connectivity index (χ1n) is 9.67. The number of aromatic nitrogens is 2. The molecule has 2 aromatic heterocycles. The lowest BCUT2D eigenvalue weighted by Crippen LogP contribution is -2.47. The monoisotopic (exact) mass is 383 g/mol. The molecule has 0 bridgehead atoms. The minimum absolute atomic E-state index is 0.0130. The summed E-state index contributed by atoms with van der Waals surface area (Å²) in [6.45, 7) is 2.38. The number of carbonyl (C=O) groups is 2. The molecule has 8 nitrogen and oxygen atoms in total. The van der Waals surface area contributed by atoms with Crippen LogP contribution in [0.5, 0.6) is 0 Å². The number of likely N-dealkylation sites (tertiary alicyclic amines) is 1. The Labute approximate surface area is 164 Å². The van der Waals surface area contributed by atoms with Crippen molar-refractivity contribution in [2.45, 2.75) is 25.8 Å². The van der Waals surface area contributed by atoms with Gasteiger partial charge < -0.3 is 19.1 Å². The summed E-state index contributed by atoms with van der Waals surface area (Å²) in [6.07, 6.45) is 5.53. The van der Waals surface area contributed by atoms with Crippen LogP contribution in [0.1, 0.15) is 24.3 Å². The van der Waals surface area contributed by atoms with Crippen LogP contribution in [-0.2, 0) is 17.8 Å². The van der Waals surface area contributed by atoms with Gasteiger partial charge >= 0.3 is 6.03 Å². The molecule has 0 atom stereocenters. The number of oxazole rings is 1. The van der Waals surface area contributed by atoms with Crippen molar-refractivity contribution in [1.29, 1.82) is 0 Å². The number of hydrogen-bond donors (Lipinski definition) is 0. The number of urea groups is 1. The summed E-state index contributed by atoms with van der Waals surface area (Å²) in [5.74, 6) is 1.54. The molecule has 8 heteroatoms. The quantitative estimate of drug-likeness (QED) is 0.792. The van der Waals surface area contributed by atoms with Crippen LogP contribution in [0, 0.1) is 5.92 Å². The van der Waals surface area contributed by atoms with Gasteiger partial charge in [-0.15, -0.1) is 0 Å². The molecule has 0 radical (unpaired) electrons. The molecule has 0 aliphatic carbocycles. The van der Waals surface area contributed by atoms with E-state index in [0.29, 0.717) is 51.3 Å². The van der Waals surface area contributed by atoms with Crippen molar-refractivity contribution in [3.8, 4) is 11.5 Å². The van der Waals surface area contributed by atoms with Crippen LogP contribution >= 0.6 is 0 Å². The molecule has 0 unspecified atom stereocenters. The van der Waals surface area contributed by atoms with Gasteiger partial charge in [-0.05, 0) is 25.0 Å². The van der Waals surface area contributed by atoms with E-state index in [-0.39, 0.29) is 17.9 Å². The maximum absolute atomic E-state index is 13.0. The average molecular weight is 383 g/mol. The standard InChI is InChI=1S/C20H25N5O3/c1-23(2)20(27)24-9-5-14(6-10-24)19(26)25-11-7-17-16(13-25)22-18(28-17)15-4-3-8-21-12-15/h3-4,8,12,14H,5-7,9-11,13H2,1-2H3. The van der Waals surface area contributed by atoms with Crippen LogP contribution in [0.3, 0.4) is 0 Å². The molecule has 1 saturated heterocycles. The Kier molecular flexibility index (Phi) is 5.02. The van der Waals surface area contributed by atoms with Crippen molar-refractivity contribution in [1.82, 2.24) is 24.7 Å². The number of rotatable bonds is 2. The highest BCUT2D eigenvalue weighted by atomic mass is 16.4. The third-order valence-electron chi connectivity index (χ3n) is 5.45. The summed E-state index contributed by atoms with van der Waals surface area (Å²) < 4.78 is 5.89. The summed E-state index contributed by atoms with van der Waals surface area (Å²) in [5.41, 5.74) is 1.67. The van der Waals surface area contributed by atoms with Crippen molar-refractivity contribution in [3.05, 3.63) is 36.0 Å². The van der Waals surface area contributed by atoms with Gasteiger partial charge in [-0.2, -0.15) is 0 Å². The van der Waals surface area contributed by atoms with Gasteiger partial charge in [0.1, 0.15) is 11.5 Å². The molecule has 4 heterocycles. The zero-order chi connectivity index (χ0) is 19.7.